The molecule has 2 N–H and O–H groups in total. The van der Waals surface area contributed by atoms with Gasteiger partial charge < -0.3 is 10.4 Å². The molecule has 80 valence electrons. The Balaban J connectivity index is 2.39. The first-order chi connectivity index (χ1) is 6.63. The quantitative estimate of drug-likeness (QED) is 0.868. The van der Waals surface area contributed by atoms with E-state index in [-0.39, 0.29) is 6.10 Å². The first-order valence-electron chi connectivity index (χ1n) is 4.78. The van der Waals surface area contributed by atoms with Crippen LogP contribution in [-0.4, -0.2) is 17.8 Å². The molecule has 14 heavy (non-hydrogen) atoms. The molecular formula is C10H16BrNOS. The topological polar surface area (TPSA) is 32.3 Å². The lowest BCUT2D eigenvalue weighted by Crippen LogP contribution is -2.28. The molecule has 1 rings (SSSR count). The van der Waals surface area contributed by atoms with Crippen molar-refractivity contribution in [3.8, 4) is 0 Å². The van der Waals surface area contributed by atoms with E-state index in [9.17, 15) is 5.11 Å². The first-order valence-corrected chi connectivity index (χ1v) is 6.46. The van der Waals surface area contributed by atoms with Gasteiger partial charge in [-0.1, -0.05) is 6.92 Å². The van der Waals surface area contributed by atoms with E-state index in [1.165, 1.54) is 4.88 Å². The van der Waals surface area contributed by atoms with Gasteiger partial charge in [-0.25, -0.2) is 0 Å². The Morgan fingerprint density at radius 3 is 2.86 bits per heavy atom. The molecule has 0 bridgehead atoms. The van der Waals surface area contributed by atoms with E-state index < -0.39 is 0 Å². The average molecular weight is 278 g/mol. The van der Waals surface area contributed by atoms with Crippen molar-refractivity contribution in [2.24, 2.45) is 0 Å². The second-order valence-corrected chi connectivity index (χ2v) is 5.22. The van der Waals surface area contributed by atoms with Gasteiger partial charge in [-0.3, -0.25) is 0 Å². The van der Waals surface area contributed by atoms with Crippen molar-refractivity contribution in [3.63, 3.8) is 0 Å². The van der Waals surface area contributed by atoms with Crippen molar-refractivity contribution in [1.29, 1.82) is 0 Å². The molecule has 0 aliphatic rings. The highest BCUT2D eigenvalue weighted by molar-refractivity contribution is 9.10. The summed E-state index contributed by atoms with van der Waals surface area (Å²) in [5, 5.41) is 14.8. The van der Waals surface area contributed by atoms with Gasteiger partial charge in [-0.15, -0.1) is 11.3 Å². The molecule has 0 saturated carbocycles. The van der Waals surface area contributed by atoms with E-state index in [1.807, 2.05) is 6.92 Å². The van der Waals surface area contributed by atoms with Gasteiger partial charge in [-0.05, 0) is 35.3 Å². The fourth-order valence-corrected chi connectivity index (χ4v) is 2.59. The van der Waals surface area contributed by atoms with E-state index in [0.29, 0.717) is 12.6 Å². The number of nitrogens with one attached hydrogen (secondary N) is 1. The van der Waals surface area contributed by atoms with Crippen molar-refractivity contribution in [3.05, 3.63) is 20.8 Å². The minimum atomic E-state index is -0.235. The SMILES string of the molecule is CCC(O)CNC(C)c1cc(Br)cs1. The molecule has 0 aliphatic heterocycles. The number of aliphatic hydroxyl groups excluding tert-OH is 1. The van der Waals surface area contributed by atoms with Gasteiger partial charge >= 0.3 is 0 Å². The number of hydrogen-bond donors (Lipinski definition) is 2. The molecule has 1 aromatic rings. The molecular weight excluding hydrogens is 262 g/mol. The van der Waals surface area contributed by atoms with Crippen LogP contribution in [0, 0.1) is 0 Å². The number of hydrogen-bond acceptors (Lipinski definition) is 3. The fraction of sp³-hybridized carbons (Fsp3) is 0.600. The number of rotatable bonds is 5. The maximum absolute atomic E-state index is 9.39. The van der Waals surface area contributed by atoms with E-state index in [1.54, 1.807) is 11.3 Å². The maximum Gasteiger partial charge on any atom is 0.0662 e. The lowest BCUT2D eigenvalue weighted by Gasteiger charge is -2.14. The molecule has 2 nitrogen and oxygen atoms in total. The van der Waals surface area contributed by atoms with Gasteiger partial charge in [0.05, 0.1) is 6.10 Å². The zero-order valence-electron chi connectivity index (χ0n) is 8.46. The molecule has 1 aromatic heterocycles. The molecule has 0 saturated heterocycles. The molecule has 2 unspecified atom stereocenters. The van der Waals surface area contributed by atoms with Gasteiger partial charge in [0.2, 0.25) is 0 Å². The Labute approximate surface area is 97.5 Å². The summed E-state index contributed by atoms with van der Waals surface area (Å²) < 4.78 is 1.13. The lowest BCUT2D eigenvalue weighted by molar-refractivity contribution is 0.164. The van der Waals surface area contributed by atoms with Crippen LogP contribution in [0.25, 0.3) is 0 Å². The highest BCUT2D eigenvalue weighted by atomic mass is 79.9. The monoisotopic (exact) mass is 277 g/mol. The van der Waals surface area contributed by atoms with Crippen LogP contribution in [-0.2, 0) is 0 Å². The molecule has 0 aromatic carbocycles. The predicted octanol–water partition coefficient (Wildman–Crippen LogP) is 2.93. The zero-order valence-corrected chi connectivity index (χ0v) is 10.9. The van der Waals surface area contributed by atoms with Gasteiger partial charge in [-0.2, -0.15) is 0 Å². The van der Waals surface area contributed by atoms with Crippen LogP contribution in [0.4, 0.5) is 0 Å². The Morgan fingerprint density at radius 2 is 2.36 bits per heavy atom. The number of halogens is 1. The van der Waals surface area contributed by atoms with Crippen molar-refractivity contribution < 1.29 is 5.11 Å². The first kappa shape index (κ1) is 12.2. The molecule has 0 aliphatic carbocycles. The average Bonchev–Trinajstić information content (AvgIpc) is 2.60. The maximum atomic E-state index is 9.39. The Kier molecular flexibility index (Phi) is 5.09. The van der Waals surface area contributed by atoms with Crippen LogP contribution in [0.15, 0.2) is 15.9 Å². The fourth-order valence-electron chi connectivity index (χ4n) is 1.11. The Bertz CT molecular complexity index is 277. The van der Waals surface area contributed by atoms with E-state index in [0.717, 1.165) is 10.9 Å². The lowest BCUT2D eigenvalue weighted by atomic mass is 10.2. The summed E-state index contributed by atoms with van der Waals surface area (Å²) in [4.78, 5) is 1.29. The van der Waals surface area contributed by atoms with E-state index >= 15 is 0 Å². The second-order valence-electron chi connectivity index (χ2n) is 3.36. The van der Waals surface area contributed by atoms with Crippen molar-refractivity contribution >= 4 is 27.3 Å². The summed E-state index contributed by atoms with van der Waals surface area (Å²) in [6, 6.07) is 2.42. The van der Waals surface area contributed by atoms with Crippen LogP contribution in [0.1, 0.15) is 31.2 Å². The summed E-state index contributed by atoms with van der Waals surface area (Å²) in [5.41, 5.74) is 0. The summed E-state index contributed by atoms with van der Waals surface area (Å²) in [7, 11) is 0. The van der Waals surface area contributed by atoms with Crippen LogP contribution in [0.3, 0.4) is 0 Å². The van der Waals surface area contributed by atoms with Crippen LogP contribution in [0.5, 0.6) is 0 Å². The van der Waals surface area contributed by atoms with E-state index in [4.69, 9.17) is 0 Å². The molecule has 0 spiro atoms. The van der Waals surface area contributed by atoms with Crippen molar-refractivity contribution in [1.82, 2.24) is 5.32 Å². The van der Waals surface area contributed by atoms with Crippen LogP contribution >= 0.6 is 27.3 Å². The standard InChI is InChI=1S/C10H16BrNOS/c1-3-9(13)5-12-7(2)10-4-8(11)6-14-10/h4,6-7,9,12-13H,3,5H2,1-2H3. The van der Waals surface area contributed by atoms with Gasteiger partial charge in [0.1, 0.15) is 0 Å². The zero-order chi connectivity index (χ0) is 10.6. The van der Waals surface area contributed by atoms with Gasteiger partial charge in [0, 0.05) is 27.3 Å². The normalized spacial score (nSPS) is 15.4. The largest absolute Gasteiger partial charge is 0.392 e. The Morgan fingerprint density at radius 1 is 1.64 bits per heavy atom. The summed E-state index contributed by atoms with van der Waals surface area (Å²) in [6.07, 6.45) is 0.564. The molecule has 4 heteroatoms. The number of aliphatic hydroxyl groups is 1. The molecule has 1 heterocycles. The highest BCUT2D eigenvalue weighted by Crippen LogP contribution is 2.25. The van der Waals surface area contributed by atoms with Crippen molar-refractivity contribution in [2.75, 3.05) is 6.54 Å². The van der Waals surface area contributed by atoms with Crippen LogP contribution < -0.4 is 5.32 Å². The minimum Gasteiger partial charge on any atom is -0.392 e. The summed E-state index contributed by atoms with van der Waals surface area (Å²) >= 11 is 5.15. The van der Waals surface area contributed by atoms with E-state index in [2.05, 4.69) is 39.6 Å². The third-order valence-corrected chi connectivity index (χ3v) is 4.02. The van der Waals surface area contributed by atoms with Crippen molar-refractivity contribution in [2.45, 2.75) is 32.4 Å². The molecule has 0 amide bonds. The predicted molar refractivity (Wildman–Crippen MR) is 64.7 cm³/mol. The highest BCUT2D eigenvalue weighted by Gasteiger charge is 2.08. The van der Waals surface area contributed by atoms with Crippen LogP contribution in [0.2, 0.25) is 0 Å². The number of thiophene rings is 1. The summed E-state index contributed by atoms with van der Waals surface area (Å²) in [6.45, 7) is 4.76. The molecule has 0 radical (unpaired) electrons. The smallest absolute Gasteiger partial charge is 0.0662 e. The summed E-state index contributed by atoms with van der Waals surface area (Å²) in [5.74, 6) is 0. The molecule has 2 atom stereocenters. The Hall–Kier alpha value is 0.1000. The second kappa shape index (κ2) is 5.85. The minimum absolute atomic E-state index is 0.235. The van der Waals surface area contributed by atoms with Gasteiger partial charge in [0.15, 0.2) is 0 Å². The third kappa shape index (κ3) is 3.69. The molecule has 0 fully saturated rings. The van der Waals surface area contributed by atoms with Gasteiger partial charge in [0.25, 0.3) is 0 Å². The third-order valence-electron chi connectivity index (χ3n) is 2.15.